The number of anilines is 1. The van der Waals surface area contributed by atoms with Gasteiger partial charge in [-0.2, -0.15) is 0 Å². The Labute approximate surface area is 153 Å². The van der Waals surface area contributed by atoms with Gasteiger partial charge in [-0.25, -0.2) is 14.2 Å². The number of rotatable bonds is 5. The SMILES string of the molecule is CCn1cc(CCNC(=O)Nc2ccc(Br)cc2F)c2cccnc21. The average molecular weight is 405 g/mol. The third-order valence-electron chi connectivity index (χ3n) is 3.92. The van der Waals surface area contributed by atoms with Crippen LogP contribution in [-0.4, -0.2) is 22.1 Å². The van der Waals surface area contributed by atoms with E-state index in [-0.39, 0.29) is 5.69 Å². The number of urea groups is 1. The van der Waals surface area contributed by atoms with Crippen molar-refractivity contribution in [2.45, 2.75) is 19.9 Å². The molecule has 0 unspecified atom stereocenters. The first kappa shape index (κ1) is 17.4. The third kappa shape index (κ3) is 3.99. The lowest BCUT2D eigenvalue weighted by molar-refractivity contribution is 0.252. The highest BCUT2D eigenvalue weighted by atomic mass is 79.9. The summed E-state index contributed by atoms with van der Waals surface area (Å²) < 4.78 is 16.4. The van der Waals surface area contributed by atoms with Gasteiger partial charge in [0.2, 0.25) is 0 Å². The van der Waals surface area contributed by atoms with Gasteiger partial charge in [0.15, 0.2) is 0 Å². The van der Waals surface area contributed by atoms with Crippen molar-refractivity contribution in [3.63, 3.8) is 0 Å². The summed E-state index contributed by atoms with van der Waals surface area (Å²) in [4.78, 5) is 16.4. The number of hydrogen-bond acceptors (Lipinski definition) is 2. The highest BCUT2D eigenvalue weighted by Gasteiger charge is 2.10. The Bertz CT molecular complexity index is 909. The summed E-state index contributed by atoms with van der Waals surface area (Å²) in [6.07, 6.45) is 4.51. The Hall–Kier alpha value is -2.41. The van der Waals surface area contributed by atoms with Gasteiger partial charge >= 0.3 is 6.03 Å². The number of benzene rings is 1. The van der Waals surface area contributed by atoms with E-state index in [4.69, 9.17) is 0 Å². The molecule has 2 heterocycles. The van der Waals surface area contributed by atoms with Gasteiger partial charge in [-0.15, -0.1) is 0 Å². The number of aromatic nitrogens is 2. The molecular formula is C18H18BrFN4O. The summed E-state index contributed by atoms with van der Waals surface area (Å²) in [5.74, 6) is -0.485. The zero-order valence-electron chi connectivity index (χ0n) is 13.7. The van der Waals surface area contributed by atoms with Crippen LogP contribution < -0.4 is 10.6 Å². The van der Waals surface area contributed by atoms with E-state index < -0.39 is 11.8 Å². The quantitative estimate of drug-likeness (QED) is 0.664. The number of carbonyl (C=O) groups excluding carboxylic acids is 1. The van der Waals surface area contributed by atoms with Crippen LogP contribution in [0.25, 0.3) is 11.0 Å². The first-order chi connectivity index (χ1) is 12.1. The zero-order chi connectivity index (χ0) is 17.8. The molecule has 2 aromatic heterocycles. The summed E-state index contributed by atoms with van der Waals surface area (Å²) in [6.45, 7) is 3.35. The number of hydrogen-bond donors (Lipinski definition) is 2. The average Bonchev–Trinajstić information content (AvgIpc) is 2.96. The number of fused-ring (bicyclic) bond motifs is 1. The second kappa shape index (κ2) is 7.65. The predicted octanol–water partition coefficient (Wildman–Crippen LogP) is 4.32. The van der Waals surface area contributed by atoms with E-state index in [2.05, 4.69) is 49.2 Å². The fourth-order valence-electron chi connectivity index (χ4n) is 2.70. The van der Waals surface area contributed by atoms with Crippen LogP contribution in [0.1, 0.15) is 12.5 Å². The molecule has 0 bridgehead atoms. The largest absolute Gasteiger partial charge is 0.338 e. The van der Waals surface area contributed by atoms with Crippen LogP contribution in [0.5, 0.6) is 0 Å². The van der Waals surface area contributed by atoms with Crippen LogP contribution >= 0.6 is 15.9 Å². The number of nitrogens with one attached hydrogen (secondary N) is 2. The Morgan fingerprint density at radius 1 is 1.36 bits per heavy atom. The molecule has 3 aromatic rings. The summed E-state index contributed by atoms with van der Waals surface area (Å²) in [5.41, 5.74) is 2.22. The lowest BCUT2D eigenvalue weighted by atomic mass is 10.1. The minimum absolute atomic E-state index is 0.146. The third-order valence-corrected chi connectivity index (χ3v) is 4.41. The molecule has 5 nitrogen and oxygen atoms in total. The minimum atomic E-state index is -0.485. The smallest absolute Gasteiger partial charge is 0.319 e. The first-order valence-corrected chi connectivity index (χ1v) is 8.80. The van der Waals surface area contributed by atoms with Gasteiger partial charge < -0.3 is 15.2 Å². The van der Waals surface area contributed by atoms with Gasteiger partial charge in [-0.3, -0.25) is 0 Å². The highest BCUT2D eigenvalue weighted by molar-refractivity contribution is 9.10. The summed E-state index contributed by atoms with van der Waals surface area (Å²) in [7, 11) is 0. The standard InChI is InChI=1S/C18H18BrFN4O/c1-2-24-11-12(14-4-3-8-21-17(14)24)7-9-22-18(25)23-16-6-5-13(19)10-15(16)20/h3-6,8,10-11H,2,7,9H2,1H3,(H2,22,23,25). The maximum Gasteiger partial charge on any atom is 0.319 e. The predicted molar refractivity (Wildman–Crippen MR) is 100 cm³/mol. The lowest BCUT2D eigenvalue weighted by Gasteiger charge is -2.08. The van der Waals surface area contributed by atoms with Gasteiger partial charge in [0, 0.05) is 35.3 Å². The van der Waals surface area contributed by atoms with Crippen molar-refractivity contribution in [1.29, 1.82) is 0 Å². The molecule has 2 amide bonds. The van der Waals surface area contributed by atoms with E-state index in [1.165, 1.54) is 12.1 Å². The van der Waals surface area contributed by atoms with E-state index in [0.717, 1.165) is 23.1 Å². The zero-order valence-corrected chi connectivity index (χ0v) is 15.3. The number of aryl methyl sites for hydroxylation is 1. The summed E-state index contributed by atoms with van der Waals surface area (Å²) in [5, 5.41) is 6.36. The highest BCUT2D eigenvalue weighted by Crippen LogP contribution is 2.20. The second-order valence-corrected chi connectivity index (χ2v) is 6.49. The Kier molecular flexibility index (Phi) is 5.33. The fourth-order valence-corrected chi connectivity index (χ4v) is 3.04. The van der Waals surface area contributed by atoms with E-state index in [1.807, 2.05) is 12.1 Å². The van der Waals surface area contributed by atoms with Gasteiger partial charge in [-0.05, 0) is 49.2 Å². The monoisotopic (exact) mass is 404 g/mol. The van der Waals surface area contributed by atoms with E-state index in [1.54, 1.807) is 12.3 Å². The molecule has 0 atom stereocenters. The number of nitrogens with zero attached hydrogens (tertiary/aromatic N) is 2. The van der Waals surface area contributed by atoms with Crippen molar-refractivity contribution in [2.24, 2.45) is 0 Å². The number of halogens is 2. The molecule has 0 radical (unpaired) electrons. The van der Waals surface area contributed by atoms with Crippen molar-refractivity contribution in [3.8, 4) is 0 Å². The topological polar surface area (TPSA) is 59.0 Å². The molecule has 0 aliphatic heterocycles. The minimum Gasteiger partial charge on any atom is -0.338 e. The Morgan fingerprint density at radius 2 is 2.20 bits per heavy atom. The lowest BCUT2D eigenvalue weighted by Crippen LogP contribution is -2.30. The summed E-state index contributed by atoms with van der Waals surface area (Å²) >= 11 is 3.18. The Balaban J connectivity index is 1.60. The van der Waals surface area contributed by atoms with Gasteiger partial charge in [0.1, 0.15) is 11.5 Å². The second-order valence-electron chi connectivity index (χ2n) is 5.57. The van der Waals surface area contributed by atoms with Gasteiger partial charge in [-0.1, -0.05) is 15.9 Å². The molecule has 25 heavy (non-hydrogen) atoms. The van der Waals surface area contributed by atoms with E-state index >= 15 is 0 Å². The van der Waals surface area contributed by atoms with Crippen molar-refractivity contribution in [3.05, 3.63) is 58.6 Å². The molecule has 0 saturated carbocycles. The molecule has 0 fully saturated rings. The van der Waals surface area contributed by atoms with Crippen molar-refractivity contribution in [1.82, 2.24) is 14.9 Å². The maximum atomic E-state index is 13.7. The maximum absolute atomic E-state index is 13.7. The molecule has 1 aromatic carbocycles. The molecule has 2 N–H and O–H groups in total. The molecule has 130 valence electrons. The van der Waals surface area contributed by atoms with Gasteiger partial charge in [0.25, 0.3) is 0 Å². The van der Waals surface area contributed by atoms with Crippen LogP contribution in [0.2, 0.25) is 0 Å². The number of pyridine rings is 1. The van der Waals surface area contributed by atoms with Crippen LogP contribution in [0.4, 0.5) is 14.9 Å². The van der Waals surface area contributed by atoms with Crippen molar-refractivity contribution in [2.75, 3.05) is 11.9 Å². The van der Waals surface area contributed by atoms with Crippen LogP contribution in [0, 0.1) is 5.82 Å². The van der Waals surface area contributed by atoms with Crippen LogP contribution in [0.3, 0.4) is 0 Å². The van der Waals surface area contributed by atoms with E-state index in [0.29, 0.717) is 17.4 Å². The summed E-state index contributed by atoms with van der Waals surface area (Å²) in [6, 6.07) is 8.00. The van der Waals surface area contributed by atoms with E-state index in [9.17, 15) is 9.18 Å². The first-order valence-electron chi connectivity index (χ1n) is 8.01. The molecule has 3 rings (SSSR count). The fraction of sp³-hybridized carbons (Fsp3) is 0.222. The number of amides is 2. The molecule has 0 spiro atoms. The van der Waals surface area contributed by atoms with Crippen LogP contribution in [0.15, 0.2) is 47.2 Å². The van der Waals surface area contributed by atoms with Crippen molar-refractivity contribution >= 4 is 38.7 Å². The normalized spacial score (nSPS) is 10.8. The molecule has 0 saturated heterocycles. The van der Waals surface area contributed by atoms with Crippen LogP contribution in [-0.2, 0) is 13.0 Å². The van der Waals surface area contributed by atoms with Crippen molar-refractivity contribution < 1.29 is 9.18 Å². The molecular weight excluding hydrogens is 387 g/mol. The Morgan fingerprint density at radius 3 is 2.96 bits per heavy atom. The number of carbonyl (C=O) groups is 1. The molecule has 7 heteroatoms. The molecule has 0 aliphatic carbocycles. The molecule has 0 aliphatic rings. The van der Waals surface area contributed by atoms with Gasteiger partial charge in [0.05, 0.1) is 5.69 Å².